The van der Waals surface area contributed by atoms with Crippen molar-refractivity contribution >= 4 is 6.03 Å². The van der Waals surface area contributed by atoms with Crippen LogP contribution in [0, 0.1) is 5.92 Å². The highest BCUT2D eigenvalue weighted by Gasteiger charge is 2.29. The molecule has 1 saturated carbocycles. The molecular formula is C17H29N5O. The van der Waals surface area contributed by atoms with Crippen LogP contribution in [0.2, 0.25) is 0 Å². The van der Waals surface area contributed by atoms with Crippen LogP contribution in [-0.2, 0) is 6.42 Å². The fraction of sp³-hybridized carbons (Fsp3) is 0.824. The molecule has 0 radical (unpaired) electrons. The summed E-state index contributed by atoms with van der Waals surface area (Å²) in [5, 5.41) is 11.5. The maximum atomic E-state index is 12.4. The van der Waals surface area contributed by atoms with E-state index in [0.717, 1.165) is 44.6 Å². The lowest BCUT2D eigenvalue weighted by molar-refractivity contribution is 0.198. The van der Waals surface area contributed by atoms with Gasteiger partial charge in [0.15, 0.2) is 0 Å². The molecular weight excluding hydrogens is 290 g/mol. The number of rotatable bonds is 4. The molecule has 1 N–H and O–H groups in total. The minimum atomic E-state index is 0.129. The predicted octanol–water partition coefficient (Wildman–Crippen LogP) is 2.77. The van der Waals surface area contributed by atoms with Gasteiger partial charge < -0.3 is 14.8 Å². The van der Waals surface area contributed by atoms with Gasteiger partial charge in [0.25, 0.3) is 0 Å². The smallest absolute Gasteiger partial charge is 0.317 e. The van der Waals surface area contributed by atoms with Gasteiger partial charge in [-0.25, -0.2) is 4.79 Å². The molecule has 128 valence electrons. The van der Waals surface area contributed by atoms with Gasteiger partial charge in [-0.05, 0) is 39.0 Å². The standard InChI is InChI=1S/C17H29N5O/c1-13(2)22-12-18-20-16(22)10-14-8-9-21(11-14)17(23)19-15-6-4-3-5-7-15/h12-15H,3-11H2,1-2H3,(H,19,23). The highest BCUT2D eigenvalue weighted by Crippen LogP contribution is 2.22. The zero-order valence-electron chi connectivity index (χ0n) is 14.4. The fourth-order valence-electron chi connectivity index (χ4n) is 3.80. The Labute approximate surface area is 138 Å². The first kappa shape index (κ1) is 16.3. The Balaban J connectivity index is 1.49. The van der Waals surface area contributed by atoms with Gasteiger partial charge >= 0.3 is 6.03 Å². The number of nitrogens with one attached hydrogen (secondary N) is 1. The van der Waals surface area contributed by atoms with Gasteiger partial charge in [0.05, 0.1) is 0 Å². The lowest BCUT2D eigenvalue weighted by atomic mass is 9.96. The number of carbonyl (C=O) groups is 1. The van der Waals surface area contributed by atoms with Crippen LogP contribution in [0.3, 0.4) is 0 Å². The number of hydrogen-bond acceptors (Lipinski definition) is 3. The van der Waals surface area contributed by atoms with Crippen LogP contribution in [0.5, 0.6) is 0 Å². The Bertz CT molecular complexity index is 521. The van der Waals surface area contributed by atoms with Crippen molar-refractivity contribution in [3.05, 3.63) is 12.2 Å². The molecule has 2 aliphatic rings. The number of carbonyl (C=O) groups excluding carboxylic acids is 1. The highest BCUT2D eigenvalue weighted by molar-refractivity contribution is 5.74. The van der Waals surface area contributed by atoms with Gasteiger partial charge in [-0.15, -0.1) is 10.2 Å². The number of aromatic nitrogens is 3. The minimum absolute atomic E-state index is 0.129. The third-order valence-corrected chi connectivity index (χ3v) is 5.18. The summed E-state index contributed by atoms with van der Waals surface area (Å²) in [5.74, 6) is 1.54. The van der Waals surface area contributed by atoms with Gasteiger partial charge in [-0.3, -0.25) is 0 Å². The Kier molecular flexibility index (Phi) is 5.18. The van der Waals surface area contributed by atoms with Crippen molar-refractivity contribution in [2.45, 2.75) is 70.9 Å². The molecule has 23 heavy (non-hydrogen) atoms. The van der Waals surface area contributed by atoms with E-state index in [1.165, 1.54) is 19.3 Å². The first-order valence-electron chi connectivity index (χ1n) is 9.07. The lowest BCUT2D eigenvalue weighted by Gasteiger charge is -2.26. The Morgan fingerprint density at radius 3 is 2.83 bits per heavy atom. The quantitative estimate of drug-likeness (QED) is 0.928. The number of hydrogen-bond donors (Lipinski definition) is 1. The number of nitrogens with zero attached hydrogens (tertiary/aromatic N) is 4. The summed E-state index contributed by atoms with van der Waals surface area (Å²) in [7, 11) is 0. The molecule has 6 heteroatoms. The molecule has 1 aromatic heterocycles. The van der Waals surface area contributed by atoms with Crippen LogP contribution >= 0.6 is 0 Å². The molecule has 3 rings (SSSR count). The first-order valence-corrected chi connectivity index (χ1v) is 9.07. The molecule has 2 amide bonds. The molecule has 1 unspecified atom stereocenters. The van der Waals surface area contributed by atoms with Crippen LogP contribution in [0.4, 0.5) is 4.79 Å². The number of likely N-dealkylation sites (tertiary alicyclic amines) is 1. The molecule has 1 aromatic rings. The topological polar surface area (TPSA) is 63.1 Å². The molecule has 1 aliphatic carbocycles. The molecule has 1 saturated heterocycles. The van der Waals surface area contributed by atoms with Crippen molar-refractivity contribution < 1.29 is 4.79 Å². The van der Waals surface area contributed by atoms with Crippen molar-refractivity contribution in [1.82, 2.24) is 25.0 Å². The Morgan fingerprint density at radius 2 is 2.09 bits per heavy atom. The van der Waals surface area contributed by atoms with Gasteiger partial charge in [-0.2, -0.15) is 0 Å². The Morgan fingerprint density at radius 1 is 1.30 bits per heavy atom. The van der Waals surface area contributed by atoms with Crippen LogP contribution in [0.25, 0.3) is 0 Å². The lowest BCUT2D eigenvalue weighted by Crippen LogP contribution is -2.44. The van der Waals surface area contributed by atoms with Crippen molar-refractivity contribution in [1.29, 1.82) is 0 Å². The van der Waals surface area contributed by atoms with E-state index >= 15 is 0 Å². The van der Waals surface area contributed by atoms with E-state index in [1.807, 2.05) is 11.2 Å². The van der Waals surface area contributed by atoms with Crippen molar-refractivity contribution in [2.24, 2.45) is 5.92 Å². The normalized spacial score (nSPS) is 22.7. The summed E-state index contributed by atoms with van der Waals surface area (Å²) >= 11 is 0. The average molecular weight is 319 g/mol. The molecule has 1 atom stereocenters. The van der Waals surface area contributed by atoms with Gasteiger partial charge in [0.2, 0.25) is 0 Å². The second kappa shape index (κ2) is 7.32. The van der Waals surface area contributed by atoms with Crippen molar-refractivity contribution in [3.63, 3.8) is 0 Å². The van der Waals surface area contributed by atoms with Crippen LogP contribution < -0.4 is 5.32 Å². The molecule has 2 fully saturated rings. The largest absolute Gasteiger partial charge is 0.335 e. The van der Waals surface area contributed by atoms with E-state index in [0.29, 0.717) is 18.0 Å². The summed E-state index contributed by atoms with van der Waals surface area (Å²) in [6, 6.07) is 0.899. The predicted molar refractivity (Wildman–Crippen MR) is 89.2 cm³/mol. The fourth-order valence-corrected chi connectivity index (χ4v) is 3.80. The Hall–Kier alpha value is -1.59. The van der Waals surface area contributed by atoms with E-state index in [-0.39, 0.29) is 6.03 Å². The van der Waals surface area contributed by atoms with E-state index in [4.69, 9.17) is 0 Å². The van der Waals surface area contributed by atoms with E-state index in [1.54, 1.807) is 0 Å². The van der Waals surface area contributed by atoms with Gasteiger partial charge in [-0.1, -0.05) is 19.3 Å². The average Bonchev–Trinajstić information content (AvgIpc) is 3.18. The maximum Gasteiger partial charge on any atom is 0.317 e. The second-order valence-electron chi connectivity index (χ2n) is 7.34. The summed E-state index contributed by atoms with van der Waals surface area (Å²) in [6.45, 7) is 5.99. The third kappa shape index (κ3) is 4.03. The van der Waals surface area contributed by atoms with Gasteiger partial charge in [0, 0.05) is 31.6 Å². The van der Waals surface area contributed by atoms with Crippen LogP contribution in [-0.4, -0.2) is 44.8 Å². The maximum absolute atomic E-state index is 12.4. The second-order valence-corrected chi connectivity index (χ2v) is 7.34. The van der Waals surface area contributed by atoms with E-state index in [2.05, 4.69) is 33.9 Å². The highest BCUT2D eigenvalue weighted by atomic mass is 16.2. The molecule has 0 aromatic carbocycles. The van der Waals surface area contributed by atoms with E-state index < -0.39 is 0 Å². The molecule has 0 spiro atoms. The monoisotopic (exact) mass is 319 g/mol. The summed E-state index contributed by atoms with van der Waals surface area (Å²) in [5.41, 5.74) is 0. The van der Waals surface area contributed by atoms with Crippen molar-refractivity contribution in [3.8, 4) is 0 Å². The van der Waals surface area contributed by atoms with Crippen LogP contribution in [0.1, 0.15) is 64.2 Å². The SMILES string of the molecule is CC(C)n1cnnc1CC1CCN(C(=O)NC2CCCCC2)C1. The molecule has 2 heterocycles. The third-order valence-electron chi connectivity index (χ3n) is 5.18. The summed E-state index contributed by atoms with van der Waals surface area (Å²) in [4.78, 5) is 14.4. The van der Waals surface area contributed by atoms with Crippen LogP contribution in [0.15, 0.2) is 6.33 Å². The minimum Gasteiger partial charge on any atom is -0.335 e. The molecule has 6 nitrogen and oxygen atoms in total. The summed E-state index contributed by atoms with van der Waals surface area (Å²) in [6.07, 6.45) is 9.86. The number of amides is 2. The molecule has 0 bridgehead atoms. The number of urea groups is 1. The zero-order valence-corrected chi connectivity index (χ0v) is 14.4. The van der Waals surface area contributed by atoms with Crippen molar-refractivity contribution in [2.75, 3.05) is 13.1 Å². The van der Waals surface area contributed by atoms with Gasteiger partial charge in [0.1, 0.15) is 12.2 Å². The summed E-state index contributed by atoms with van der Waals surface area (Å²) < 4.78 is 2.13. The van der Waals surface area contributed by atoms with E-state index in [9.17, 15) is 4.79 Å². The zero-order chi connectivity index (χ0) is 16.2. The molecule has 1 aliphatic heterocycles. The first-order chi connectivity index (χ1) is 11.1.